The Morgan fingerprint density at radius 1 is 1.44 bits per heavy atom. The average Bonchev–Trinajstić information content (AvgIpc) is 2.89. The van der Waals surface area contributed by atoms with E-state index in [9.17, 15) is 0 Å². The molecular weight excluding hydrogens is 226 g/mol. The summed E-state index contributed by atoms with van der Waals surface area (Å²) in [6.45, 7) is 2.10. The molecule has 3 heteroatoms. The maximum absolute atomic E-state index is 6.57. The van der Waals surface area contributed by atoms with Gasteiger partial charge in [0.2, 0.25) is 0 Å². The fourth-order valence-electron chi connectivity index (χ4n) is 3.42. The third kappa shape index (κ3) is 1.91. The lowest BCUT2D eigenvalue weighted by Gasteiger charge is -2.31. The molecule has 0 aromatic heterocycles. The highest BCUT2D eigenvalue weighted by Gasteiger charge is 2.50. The van der Waals surface area contributed by atoms with Gasteiger partial charge < -0.3 is 15.2 Å². The summed E-state index contributed by atoms with van der Waals surface area (Å²) in [5.41, 5.74) is 8.82. The molecule has 0 radical (unpaired) electrons. The van der Waals surface area contributed by atoms with E-state index in [4.69, 9.17) is 15.2 Å². The van der Waals surface area contributed by atoms with Crippen LogP contribution in [0, 0.1) is 6.92 Å². The van der Waals surface area contributed by atoms with Crippen LogP contribution in [0.1, 0.15) is 30.4 Å². The summed E-state index contributed by atoms with van der Waals surface area (Å²) in [7, 11) is 1.72. The quantitative estimate of drug-likeness (QED) is 0.890. The first-order valence-corrected chi connectivity index (χ1v) is 6.68. The highest BCUT2D eigenvalue weighted by molar-refractivity contribution is 5.38. The zero-order valence-corrected chi connectivity index (χ0v) is 11.1. The zero-order valence-electron chi connectivity index (χ0n) is 11.1. The summed E-state index contributed by atoms with van der Waals surface area (Å²) in [5.74, 6) is 0.938. The minimum absolute atomic E-state index is 0.204. The smallest absolute Gasteiger partial charge is 0.122 e. The van der Waals surface area contributed by atoms with Crippen LogP contribution in [0.25, 0.3) is 0 Å². The Balaban J connectivity index is 1.86. The summed E-state index contributed by atoms with van der Waals surface area (Å²) < 4.78 is 11.3. The molecule has 2 fully saturated rings. The number of hydrogen-bond acceptors (Lipinski definition) is 3. The maximum Gasteiger partial charge on any atom is 0.122 e. The van der Waals surface area contributed by atoms with Crippen LogP contribution in [0.5, 0.6) is 5.75 Å². The van der Waals surface area contributed by atoms with Gasteiger partial charge in [0.05, 0.1) is 19.3 Å². The van der Waals surface area contributed by atoms with Crippen LogP contribution in [0.15, 0.2) is 18.2 Å². The van der Waals surface area contributed by atoms with Crippen molar-refractivity contribution in [2.75, 3.05) is 7.11 Å². The monoisotopic (exact) mass is 247 g/mol. The largest absolute Gasteiger partial charge is 0.496 e. The van der Waals surface area contributed by atoms with Gasteiger partial charge in [0.1, 0.15) is 5.75 Å². The van der Waals surface area contributed by atoms with Crippen molar-refractivity contribution >= 4 is 0 Å². The molecule has 18 heavy (non-hydrogen) atoms. The molecule has 0 amide bonds. The molecular formula is C15H21NO2. The summed E-state index contributed by atoms with van der Waals surface area (Å²) in [6.07, 6.45) is 4.72. The molecule has 1 aromatic carbocycles. The van der Waals surface area contributed by atoms with Crippen molar-refractivity contribution in [2.24, 2.45) is 5.73 Å². The van der Waals surface area contributed by atoms with Gasteiger partial charge in [-0.15, -0.1) is 0 Å². The molecule has 2 N–H and O–H groups in total. The summed E-state index contributed by atoms with van der Waals surface area (Å²) >= 11 is 0. The van der Waals surface area contributed by atoms with Crippen LogP contribution in [0.3, 0.4) is 0 Å². The minimum Gasteiger partial charge on any atom is -0.496 e. The van der Waals surface area contributed by atoms with Crippen molar-refractivity contribution in [3.05, 3.63) is 29.3 Å². The van der Waals surface area contributed by atoms with Gasteiger partial charge in [-0.2, -0.15) is 0 Å². The predicted octanol–water partition coefficient (Wildman–Crippen LogP) is 2.19. The third-order valence-electron chi connectivity index (χ3n) is 4.31. The summed E-state index contributed by atoms with van der Waals surface area (Å²) in [5, 5.41) is 0. The number of benzene rings is 1. The number of rotatable bonds is 3. The van der Waals surface area contributed by atoms with Crippen molar-refractivity contribution in [1.82, 2.24) is 0 Å². The van der Waals surface area contributed by atoms with Crippen molar-refractivity contribution < 1.29 is 9.47 Å². The number of nitrogens with two attached hydrogens (primary N) is 1. The lowest BCUT2D eigenvalue weighted by molar-refractivity contribution is 0.0855. The first kappa shape index (κ1) is 12.0. The Morgan fingerprint density at radius 2 is 2.28 bits per heavy atom. The fraction of sp³-hybridized carbons (Fsp3) is 0.600. The molecule has 1 aromatic rings. The normalized spacial score (nSPS) is 33.9. The average molecular weight is 247 g/mol. The van der Waals surface area contributed by atoms with Crippen LogP contribution in [-0.4, -0.2) is 24.9 Å². The lowest BCUT2D eigenvalue weighted by Crippen LogP contribution is -2.50. The second-order valence-electron chi connectivity index (χ2n) is 5.75. The van der Waals surface area contributed by atoms with Crippen molar-refractivity contribution in [2.45, 2.75) is 50.4 Å². The van der Waals surface area contributed by atoms with Crippen LogP contribution in [0.4, 0.5) is 0 Å². The molecule has 2 aliphatic heterocycles. The second kappa shape index (κ2) is 4.25. The van der Waals surface area contributed by atoms with Gasteiger partial charge >= 0.3 is 0 Å². The number of methoxy groups -OCH3 is 1. The number of fused-ring (bicyclic) bond motifs is 2. The van der Waals surface area contributed by atoms with Gasteiger partial charge in [-0.1, -0.05) is 17.7 Å². The number of hydrogen-bond donors (Lipinski definition) is 1. The van der Waals surface area contributed by atoms with Gasteiger partial charge in [0.25, 0.3) is 0 Å². The fourth-order valence-corrected chi connectivity index (χ4v) is 3.42. The summed E-state index contributed by atoms with van der Waals surface area (Å²) in [6, 6.07) is 6.28. The molecule has 2 saturated heterocycles. The maximum atomic E-state index is 6.57. The minimum atomic E-state index is -0.204. The van der Waals surface area contributed by atoms with Gasteiger partial charge in [-0.25, -0.2) is 0 Å². The van der Waals surface area contributed by atoms with Gasteiger partial charge in [0, 0.05) is 5.54 Å². The molecule has 3 nitrogen and oxygen atoms in total. The molecule has 2 heterocycles. The number of aryl methyl sites for hydroxylation is 1. The Labute approximate surface area is 108 Å². The first-order valence-electron chi connectivity index (χ1n) is 6.68. The van der Waals surface area contributed by atoms with Gasteiger partial charge in [-0.05, 0) is 44.2 Å². The predicted molar refractivity (Wildman–Crippen MR) is 70.9 cm³/mol. The molecule has 0 saturated carbocycles. The summed E-state index contributed by atoms with van der Waals surface area (Å²) in [4.78, 5) is 0. The Kier molecular flexibility index (Phi) is 2.83. The van der Waals surface area contributed by atoms with E-state index in [1.54, 1.807) is 7.11 Å². The molecule has 98 valence electrons. The third-order valence-corrected chi connectivity index (χ3v) is 4.31. The molecule has 3 rings (SSSR count). The molecule has 2 aliphatic rings. The van der Waals surface area contributed by atoms with E-state index in [0.717, 1.165) is 25.0 Å². The Bertz CT molecular complexity index is 460. The highest BCUT2D eigenvalue weighted by atomic mass is 16.5. The van der Waals surface area contributed by atoms with Crippen LogP contribution >= 0.6 is 0 Å². The van der Waals surface area contributed by atoms with Crippen molar-refractivity contribution in [3.8, 4) is 5.75 Å². The van der Waals surface area contributed by atoms with E-state index >= 15 is 0 Å². The molecule has 3 unspecified atom stereocenters. The molecule has 0 spiro atoms. The topological polar surface area (TPSA) is 44.5 Å². The van der Waals surface area contributed by atoms with Crippen molar-refractivity contribution in [1.29, 1.82) is 0 Å². The molecule has 0 aliphatic carbocycles. The van der Waals surface area contributed by atoms with E-state index in [1.165, 1.54) is 17.5 Å². The van der Waals surface area contributed by atoms with E-state index in [2.05, 4.69) is 19.1 Å². The van der Waals surface area contributed by atoms with E-state index in [0.29, 0.717) is 6.10 Å². The lowest BCUT2D eigenvalue weighted by atomic mass is 9.78. The van der Waals surface area contributed by atoms with Gasteiger partial charge in [-0.3, -0.25) is 0 Å². The molecule has 3 atom stereocenters. The first-order chi connectivity index (χ1) is 8.60. The van der Waals surface area contributed by atoms with E-state index in [-0.39, 0.29) is 11.6 Å². The van der Waals surface area contributed by atoms with Gasteiger partial charge in [0.15, 0.2) is 0 Å². The zero-order chi connectivity index (χ0) is 12.8. The SMILES string of the molecule is COc1ccc(C)cc1CC1(N)CC2CCC1O2. The second-order valence-corrected chi connectivity index (χ2v) is 5.75. The van der Waals surface area contributed by atoms with Crippen LogP contribution < -0.4 is 10.5 Å². The highest BCUT2D eigenvalue weighted by Crippen LogP contribution is 2.42. The molecule has 2 bridgehead atoms. The van der Waals surface area contributed by atoms with E-state index in [1.807, 2.05) is 6.07 Å². The standard InChI is InChI=1S/C15H21NO2/c1-10-3-5-13(17-2)11(7-10)8-15(16)9-12-4-6-14(15)18-12/h3,5,7,12,14H,4,6,8-9,16H2,1-2H3. The van der Waals surface area contributed by atoms with E-state index < -0.39 is 0 Å². The Morgan fingerprint density at radius 3 is 2.89 bits per heavy atom. The van der Waals surface area contributed by atoms with Crippen LogP contribution in [0.2, 0.25) is 0 Å². The van der Waals surface area contributed by atoms with Crippen molar-refractivity contribution in [3.63, 3.8) is 0 Å². The number of ether oxygens (including phenoxy) is 2. The Hall–Kier alpha value is -1.06. The van der Waals surface area contributed by atoms with Crippen LogP contribution in [-0.2, 0) is 11.2 Å².